The van der Waals surface area contributed by atoms with Crippen molar-refractivity contribution in [1.29, 1.82) is 0 Å². The number of rotatable bonds is 10. The molecule has 1 rings (SSSR count). The summed E-state index contributed by atoms with van der Waals surface area (Å²) in [6.07, 6.45) is 4.51. The quantitative estimate of drug-likeness (QED) is 0.271. The standard InChI is InChI=1S/C16H26BrN3O2/c1-5-7-21-11-13(3)22-16-14(9-17)8-15(10-18-16)19-12-20(4)6-2/h8,10,12-13H,5-7,9,11H2,1-4H3/t13-/m0/s1. The Balaban J connectivity index is 2.70. The number of nitrogens with zero attached hydrogens (tertiary/aromatic N) is 3. The SMILES string of the molecule is CCCOC[C@H](C)Oc1ncc(N=CN(C)CC)cc1CBr. The van der Waals surface area contributed by atoms with Crippen molar-refractivity contribution in [3.05, 3.63) is 17.8 Å². The third-order valence-corrected chi connectivity index (χ3v) is 3.58. The molecule has 0 aromatic carbocycles. The average molecular weight is 372 g/mol. The van der Waals surface area contributed by atoms with Crippen LogP contribution in [0.5, 0.6) is 5.88 Å². The fourth-order valence-corrected chi connectivity index (χ4v) is 2.02. The van der Waals surface area contributed by atoms with Gasteiger partial charge in [0.05, 0.1) is 24.8 Å². The highest BCUT2D eigenvalue weighted by Crippen LogP contribution is 2.24. The third kappa shape index (κ3) is 6.75. The highest BCUT2D eigenvalue weighted by Gasteiger charge is 2.10. The Bertz CT molecular complexity index is 469. The summed E-state index contributed by atoms with van der Waals surface area (Å²) in [5.74, 6) is 0.632. The van der Waals surface area contributed by atoms with Crippen LogP contribution in [0.2, 0.25) is 0 Å². The molecule has 0 saturated heterocycles. The van der Waals surface area contributed by atoms with Crippen LogP contribution in [-0.4, -0.2) is 49.1 Å². The minimum atomic E-state index is -0.0302. The van der Waals surface area contributed by atoms with E-state index in [9.17, 15) is 0 Å². The summed E-state index contributed by atoms with van der Waals surface area (Å²) in [5.41, 5.74) is 1.80. The first kappa shape index (κ1) is 18.9. The number of aliphatic imine (C=N–C) groups is 1. The molecule has 0 aliphatic heterocycles. The van der Waals surface area contributed by atoms with Gasteiger partial charge in [0.1, 0.15) is 6.10 Å². The lowest BCUT2D eigenvalue weighted by Crippen LogP contribution is -2.20. The van der Waals surface area contributed by atoms with Crippen LogP contribution in [0, 0.1) is 0 Å². The number of halogens is 1. The van der Waals surface area contributed by atoms with Crippen LogP contribution in [0.4, 0.5) is 5.69 Å². The highest BCUT2D eigenvalue weighted by atomic mass is 79.9. The van der Waals surface area contributed by atoms with Crippen molar-refractivity contribution >= 4 is 28.0 Å². The molecule has 1 aromatic rings. The molecule has 1 aromatic heterocycles. The van der Waals surface area contributed by atoms with Crippen LogP contribution in [0.25, 0.3) is 0 Å². The van der Waals surface area contributed by atoms with E-state index in [4.69, 9.17) is 9.47 Å². The van der Waals surface area contributed by atoms with Gasteiger partial charge in [-0.25, -0.2) is 9.98 Å². The summed E-state index contributed by atoms with van der Waals surface area (Å²) in [5, 5.41) is 0.671. The number of alkyl halides is 1. The van der Waals surface area contributed by atoms with Crippen molar-refractivity contribution < 1.29 is 9.47 Å². The fourth-order valence-electron chi connectivity index (χ4n) is 1.62. The van der Waals surface area contributed by atoms with Crippen molar-refractivity contribution in [2.75, 3.05) is 26.8 Å². The summed E-state index contributed by atoms with van der Waals surface area (Å²) in [6, 6.07) is 1.98. The smallest absolute Gasteiger partial charge is 0.217 e. The Morgan fingerprint density at radius 1 is 1.45 bits per heavy atom. The van der Waals surface area contributed by atoms with E-state index in [0.717, 1.165) is 30.8 Å². The molecule has 0 fully saturated rings. The molecule has 1 heterocycles. The van der Waals surface area contributed by atoms with E-state index in [1.807, 2.05) is 24.9 Å². The predicted octanol–water partition coefficient (Wildman–Crippen LogP) is 3.78. The molecule has 124 valence electrons. The largest absolute Gasteiger partial charge is 0.472 e. The first-order chi connectivity index (χ1) is 10.6. The number of pyridine rings is 1. The van der Waals surface area contributed by atoms with E-state index in [0.29, 0.717) is 17.8 Å². The van der Waals surface area contributed by atoms with Gasteiger partial charge in [0.25, 0.3) is 0 Å². The van der Waals surface area contributed by atoms with E-state index in [-0.39, 0.29) is 6.10 Å². The van der Waals surface area contributed by atoms with E-state index >= 15 is 0 Å². The second-order valence-electron chi connectivity index (χ2n) is 5.11. The molecule has 0 bridgehead atoms. The highest BCUT2D eigenvalue weighted by molar-refractivity contribution is 9.08. The van der Waals surface area contributed by atoms with Crippen molar-refractivity contribution in [1.82, 2.24) is 9.88 Å². The van der Waals surface area contributed by atoms with Crippen LogP contribution in [0.1, 0.15) is 32.8 Å². The van der Waals surface area contributed by atoms with Crippen LogP contribution in [0.3, 0.4) is 0 Å². The topological polar surface area (TPSA) is 47.0 Å². The second kappa shape index (κ2) is 10.6. The fraction of sp³-hybridized carbons (Fsp3) is 0.625. The third-order valence-electron chi connectivity index (χ3n) is 2.97. The van der Waals surface area contributed by atoms with Gasteiger partial charge in [0.2, 0.25) is 5.88 Å². The maximum atomic E-state index is 5.86. The average Bonchev–Trinajstić information content (AvgIpc) is 2.53. The lowest BCUT2D eigenvalue weighted by Gasteiger charge is -2.16. The van der Waals surface area contributed by atoms with E-state index in [2.05, 4.69) is 39.8 Å². The van der Waals surface area contributed by atoms with E-state index in [1.54, 1.807) is 12.5 Å². The molecule has 0 spiro atoms. The maximum Gasteiger partial charge on any atom is 0.217 e. The molecule has 1 atom stereocenters. The van der Waals surface area contributed by atoms with Gasteiger partial charge < -0.3 is 14.4 Å². The summed E-state index contributed by atoms with van der Waals surface area (Å²) >= 11 is 3.48. The summed E-state index contributed by atoms with van der Waals surface area (Å²) in [7, 11) is 1.98. The Hall–Kier alpha value is -1.14. The molecule has 22 heavy (non-hydrogen) atoms. The molecule has 0 saturated carbocycles. The van der Waals surface area contributed by atoms with Crippen molar-refractivity contribution in [3.63, 3.8) is 0 Å². The molecule has 0 radical (unpaired) electrons. The first-order valence-corrected chi connectivity index (χ1v) is 8.76. The molecule has 0 amide bonds. The second-order valence-corrected chi connectivity index (χ2v) is 5.67. The summed E-state index contributed by atoms with van der Waals surface area (Å²) in [4.78, 5) is 10.8. The van der Waals surface area contributed by atoms with E-state index < -0.39 is 0 Å². The minimum absolute atomic E-state index is 0.0302. The first-order valence-electron chi connectivity index (χ1n) is 7.64. The van der Waals surface area contributed by atoms with Gasteiger partial charge in [-0.15, -0.1) is 0 Å². The number of hydrogen-bond donors (Lipinski definition) is 0. The van der Waals surface area contributed by atoms with E-state index in [1.165, 1.54) is 0 Å². The minimum Gasteiger partial charge on any atom is -0.472 e. The molecule has 0 unspecified atom stereocenters. The van der Waals surface area contributed by atoms with Crippen molar-refractivity contribution in [2.24, 2.45) is 4.99 Å². The summed E-state index contributed by atoms with van der Waals surface area (Å²) < 4.78 is 11.4. The predicted molar refractivity (Wildman–Crippen MR) is 94.5 cm³/mol. The van der Waals surface area contributed by atoms with Crippen molar-refractivity contribution in [2.45, 2.75) is 38.6 Å². The number of hydrogen-bond acceptors (Lipinski definition) is 4. The van der Waals surface area contributed by atoms with Crippen LogP contribution < -0.4 is 4.74 Å². The van der Waals surface area contributed by atoms with Crippen LogP contribution in [0.15, 0.2) is 17.3 Å². The zero-order chi connectivity index (χ0) is 16.4. The van der Waals surface area contributed by atoms with Gasteiger partial charge in [0.15, 0.2) is 0 Å². The van der Waals surface area contributed by atoms with Gasteiger partial charge in [-0.05, 0) is 26.3 Å². The zero-order valence-electron chi connectivity index (χ0n) is 13.9. The number of aromatic nitrogens is 1. The van der Waals surface area contributed by atoms with Gasteiger partial charge in [-0.1, -0.05) is 22.9 Å². The van der Waals surface area contributed by atoms with Gasteiger partial charge >= 0.3 is 0 Å². The molecule has 0 N–H and O–H groups in total. The molecule has 0 aliphatic rings. The molecule has 5 nitrogen and oxygen atoms in total. The zero-order valence-corrected chi connectivity index (χ0v) is 15.5. The lowest BCUT2D eigenvalue weighted by molar-refractivity contribution is 0.0564. The van der Waals surface area contributed by atoms with Crippen molar-refractivity contribution in [3.8, 4) is 5.88 Å². The van der Waals surface area contributed by atoms with Gasteiger partial charge in [0, 0.05) is 31.1 Å². The number of ether oxygens (including phenoxy) is 2. The Morgan fingerprint density at radius 3 is 2.86 bits per heavy atom. The Kier molecular flexibility index (Phi) is 9.08. The normalized spacial score (nSPS) is 12.6. The monoisotopic (exact) mass is 371 g/mol. The molecular weight excluding hydrogens is 346 g/mol. The van der Waals surface area contributed by atoms with Crippen LogP contribution in [-0.2, 0) is 10.1 Å². The maximum absolute atomic E-state index is 5.86. The molecule has 6 heteroatoms. The Labute approximate surface area is 141 Å². The lowest BCUT2D eigenvalue weighted by atomic mass is 10.3. The molecule has 0 aliphatic carbocycles. The van der Waals surface area contributed by atoms with Gasteiger partial charge in [-0.2, -0.15) is 0 Å². The van der Waals surface area contributed by atoms with Crippen LogP contribution >= 0.6 is 15.9 Å². The summed E-state index contributed by atoms with van der Waals surface area (Å²) in [6.45, 7) is 8.39. The Morgan fingerprint density at radius 2 is 2.23 bits per heavy atom. The molecular formula is C16H26BrN3O2. The van der Waals surface area contributed by atoms with Gasteiger partial charge in [-0.3, -0.25) is 0 Å².